The lowest BCUT2D eigenvalue weighted by Crippen LogP contribution is -2.50. The first-order valence-corrected chi connectivity index (χ1v) is 9.92. The average molecular weight is 416 g/mol. The summed E-state index contributed by atoms with van der Waals surface area (Å²) in [6.45, 7) is 7.69. The van der Waals surface area contributed by atoms with E-state index in [9.17, 15) is 4.79 Å². The summed E-state index contributed by atoms with van der Waals surface area (Å²) in [5.74, 6) is 1.60. The van der Waals surface area contributed by atoms with Crippen LogP contribution in [0.4, 0.5) is 0 Å². The normalized spacial score (nSPS) is 22.4. The van der Waals surface area contributed by atoms with Gasteiger partial charge < -0.3 is 15.5 Å². The van der Waals surface area contributed by atoms with Crippen LogP contribution in [-0.4, -0.2) is 54.5 Å². The van der Waals surface area contributed by atoms with Crippen LogP contribution < -0.4 is 5.73 Å². The smallest absolute Gasteiger partial charge is 0.239 e. The lowest BCUT2D eigenvalue weighted by Gasteiger charge is -2.38. The molecule has 2 N–H and O–H groups in total. The Balaban J connectivity index is 0.00000182. The maximum absolute atomic E-state index is 12.8. The summed E-state index contributed by atoms with van der Waals surface area (Å²) in [7, 11) is 0. The molecule has 0 bridgehead atoms. The third-order valence-electron chi connectivity index (χ3n) is 5.84. The highest BCUT2D eigenvalue weighted by molar-refractivity contribution is 5.85. The second-order valence-corrected chi connectivity index (χ2v) is 8.07. The molecule has 2 saturated heterocycles. The highest BCUT2D eigenvalue weighted by atomic mass is 35.5. The number of nitrogens with zero attached hydrogens (tertiary/aromatic N) is 2. The predicted molar refractivity (Wildman–Crippen MR) is 117 cm³/mol. The number of rotatable bonds is 5. The van der Waals surface area contributed by atoms with E-state index < -0.39 is 6.04 Å². The van der Waals surface area contributed by atoms with E-state index in [1.807, 2.05) is 35.2 Å². The molecule has 3 rings (SSSR count). The Morgan fingerprint density at radius 2 is 1.78 bits per heavy atom. The number of hydrogen-bond donors (Lipinski definition) is 1. The Labute approximate surface area is 176 Å². The fourth-order valence-electron chi connectivity index (χ4n) is 4.21. The molecule has 154 valence electrons. The van der Waals surface area contributed by atoms with Gasteiger partial charge in [-0.25, -0.2) is 0 Å². The molecule has 4 nitrogen and oxygen atoms in total. The monoisotopic (exact) mass is 415 g/mol. The van der Waals surface area contributed by atoms with Crippen LogP contribution >= 0.6 is 24.8 Å². The second kappa shape index (κ2) is 11.9. The fourth-order valence-corrected chi connectivity index (χ4v) is 4.21. The highest BCUT2D eigenvalue weighted by Gasteiger charge is 2.28. The third kappa shape index (κ3) is 7.26. The fraction of sp³-hybridized carbons (Fsp3) is 0.667. The summed E-state index contributed by atoms with van der Waals surface area (Å²) in [6, 6.07) is 9.67. The number of carbonyl (C=O) groups is 1. The highest BCUT2D eigenvalue weighted by Crippen LogP contribution is 2.22. The lowest BCUT2D eigenvalue weighted by atomic mass is 9.93. The van der Waals surface area contributed by atoms with Crippen molar-refractivity contribution < 1.29 is 4.79 Å². The van der Waals surface area contributed by atoms with Gasteiger partial charge in [-0.05, 0) is 62.6 Å². The van der Waals surface area contributed by atoms with E-state index in [1.54, 1.807) is 0 Å². The minimum absolute atomic E-state index is 0. The van der Waals surface area contributed by atoms with Crippen molar-refractivity contribution in [3.63, 3.8) is 0 Å². The summed E-state index contributed by atoms with van der Waals surface area (Å²) in [4.78, 5) is 17.4. The van der Waals surface area contributed by atoms with Crippen molar-refractivity contribution in [2.75, 3.05) is 32.7 Å². The van der Waals surface area contributed by atoms with Gasteiger partial charge in [0.1, 0.15) is 0 Å². The number of carbonyl (C=O) groups excluding carboxylic acids is 1. The van der Waals surface area contributed by atoms with Crippen LogP contribution in [0.2, 0.25) is 0 Å². The van der Waals surface area contributed by atoms with E-state index in [0.717, 1.165) is 37.5 Å². The Hall–Kier alpha value is -0.810. The molecule has 27 heavy (non-hydrogen) atoms. The molecule has 0 aliphatic carbocycles. The van der Waals surface area contributed by atoms with Gasteiger partial charge in [-0.3, -0.25) is 4.79 Å². The minimum Gasteiger partial charge on any atom is -0.341 e. The Kier molecular flexibility index (Phi) is 10.7. The van der Waals surface area contributed by atoms with Crippen LogP contribution in [0.15, 0.2) is 30.3 Å². The number of nitrogens with two attached hydrogens (primary N) is 1. The number of hydrogen-bond acceptors (Lipinski definition) is 3. The van der Waals surface area contributed by atoms with Crippen molar-refractivity contribution in [1.29, 1.82) is 0 Å². The quantitative estimate of drug-likeness (QED) is 0.801. The van der Waals surface area contributed by atoms with E-state index in [2.05, 4.69) is 11.8 Å². The first-order chi connectivity index (χ1) is 12.1. The number of amides is 1. The van der Waals surface area contributed by atoms with Crippen LogP contribution in [0.5, 0.6) is 0 Å². The van der Waals surface area contributed by atoms with Gasteiger partial charge in [-0.15, -0.1) is 24.8 Å². The Morgan fingerprint density at radius 1 is 1.11 bits per heavy atom. The number of piperidine rings is 2. The predicted octanol–water partition coefficient (Wildman–Crippen LogP) is 3.37. The topological polar surface area (TPSA) is 49.6 Å². The zero-order chi connectivity index (χ0) is 17.6. The minimum atomic E-state index is -0.419. The largest absolute Gasteiger partial charge is 0.341 e. The molecule has 2 aliphatic heterocycles. The summed E-state index contributed by atoms with van der Waals surface area (Å²) in [5.41, 5.74) is 7.36. The maximum Gasteiger partial charge on any atom is 0.239 e. The Morgan fingerprint density at radius 3 is 2.44 bits per heavy atom. The molecular formula is C21H35Cl2N3O. The second-order valence-electron chi connectivity index (χ2n) is 8.07. The van der Waals surface area contributed by atoms with Crippen LogP contribution in [0.25, 0.3) is 0 Å². The molecule has 0 radical (unpaired) electrons. The van der Waals surface area contributed by atoms with Gasteiger partial charge in [0.15, 0.2) is 0 Å². The molecule has 2 atom stereocenters. The molecule has 1 aromatic rings. The molecule has 2 heterocycles. The first-order valence-electron chi connectivity index (χ1n) is 9.92. The van der Waals surface area contributed by atoms with Gasteiger partial charge in [-0.1, -0.05) is 37.3 Å². The lowest BCUT2D eigenvalue weighted by molar-refractivity contribution is -0.134. The van der Waals surface area contributed by atoms with Gasteiger partial charge in [-0.2, -0.15) is 0 Å². The van der Waals surface area contributed by atoms with Gasteiger partial charge in [0.25, 0.3) is 0 Å². The first kappa shape index (κ1) is 24.2. The van der Waals surface area contributed by atoms with Crippen molar-refractivity contribution in [1.82, 2.24) is 9.80 Å². The summed E-state index contributed by atoms with van der Waals surface area (Å²) in [6.07, 6.45) is 5.61. The van der Waals surface area contributed by atoms with Crippen LogP contribution in [0.1, 0.15) is 38.2 Å². The number of benzene rings is 1. The van der Waals surface area contributed by atoms with E-state index >= 15 is 0 Å². The summed E-state index contributed by atoms with van der Waals surface area (Å²) < 4.78 is 0. The molecule has 2 unspecified atom stereocenters. The zero-order valence-electron chi connectivity index (χ0n) is 16.4. The van der Waals surface area contributed by atoms with E-state index in [4.69, 9.17) is 5.73 Å². The zero-order valence-corrected chi connectivity index (χ0v) is 18.0. The van der Waals surface area contributed by atoms with Gasteiger partial charge in [0, 0.05) is 19.6 Å². The van der Waals surface area contributed by atoms with Crippen molar-refractivity contribution in [2.45, 2.75) is 45.1 Å². The number of halogens is 2. The Bertz CT molecular complexity index is 550. The van der Waals surface area contributed by atoms with Crippen molar-refractivity contribution in [3.8, 4) is 0 Å². The van der Waals surface area contributed by atoms with E-state index in [1.165, 1.54) is 32.4 Å². The average Bonchev–Trinajstić information content (AvgIpc) is 2.64. The van der Waals surface area contributed by atoms with Crippen molar-refractivity contribution >= 4 is 30.7 Å². The van der Waals surface area contributed by atoms with Crippen LogP contribution in [0.3, 0.4) is 0 Å². The molecule has 2 aliphatic rings. The SMILES string of the molecule is CC1CCN(CC2CCCN(C(=O)C(N)Cc3ccccc3)C2)CC1.Cl.Cl. The van der Waals surface area contributed by atoms with E-state index in [-0.39, 0.29) is 30.7 Å². The van der Waals surface area contributed by atoms with Gasteiger partial charge in [0.2, 0.25) is 5.91 Å². The maximum atomic E-state index is 12.8. The molecule has 6 heteroatoms. The molecule has 0 aromatic heterocycles. The summed E-state index contributed by atoms with van der Waals surface area (Å²) >= 11 is 0. The molecule has 0 saturated carbocycles. The summed E-state index contributed by atoms with van der Waals surface area (Å²) in [5, 5.41) is 0. The molecule has 1 amide bonds. The molecule has 2 fully saturated rings. The van der Waals surface area contributed by atoms with Crippen molar-refractivity contribution in [3.05, 3.63) is 35.9 Å². The third-order valence-corrected chi connectivity index (χ3v) is 5.84. The van der Waals surface area contributed by atoms with Gasteiger partial charge >= 0.3 is 0 Å². The number of likely N-dealkylation sites (tertiary alicyclic amines) is 2. The van der Waals surface area contributed by atoms with Crippen LogP contribution in [0, 0.1) is 11.8 Å². The van der Waals surface area contributed by atoms with Crippen molar-refractivity contribution in [2.24, 2.45) is 17.6 Å². The van der Waals surface area contributed by atoms with Crippen LogP contribution in [-0.2, 0) is 11.2 Å². The van der Waals surface area contributed by atoms with E-state index in [0.29, 0.717) is 12.3 Å². The van der Waals surface area contributed by atoms with Gasteiger partial charge in [0.05, 0.1) is 6.04 Å². The standard InChI is InChI=1S/C21H33N3O.2ClH/c1-17-9-12-23(13-10-17)15-19-8-5-11-24(16-19)21(25)20(22)14-18-6-3-2-4-7-18;;/h2-4,6-7,17,19-20H,5,8-16,22H2,1H3;2*1H. The molecular weight excluding hydrogens is 381 g/mol. The molecule has 1 aromatic carbocycles. The molecule has 0 spiro atoms.